The molecule has 0 aliphatic carbocycles. The van der Waals surface area contributed by atoms with E-state index in [1.807, 2.05) is 24.3 Å². The maximum atomic E-state index is 13.2. The van der Waals surface area contributed by atoms with Gasteiger partial charge in [-0.3, -0.25) is 9.59 Å². The van der Waals surface area contributed by atoms with E-state index >= 15 is 0 Å². The fraction of sp³-hybridized carbons (Fsp3) is 0.391. The van der Waals surface area contributed by atoms with Gasteiger partial charge in [0, 0.05) is 32.2 Å². The molecule has 9 heteroatoms. The zero-order valence-electron chi connectivity index (χ0n) is 18.6. The zero-order valence-corrected chi connectivity index (χ0v) is 19.4. The van der Waals surface area contributed by atoms with Crippen LogP contribution in [-0.2, 0) is 26.2 Å². The molecule has 1 atom stereocenters. The number of ether oxygens (including phenoxy) is 1. The highest BCUT2D eigenvalue weighted by atomic mass is 32.2. The number of nitrogens with zero attached hydrogens (tertiary/aromatic N) is 1. The van der Waals surface area contributed by atoms with Gasteiger partial charge in [-0.15, -0.1) is 0 Å². The van der Waals surface area contributed by atoms with E-state index in [1.54, 1.807) is 26.2 Å². The van der Waals surface area contributed by atoms with Gasteiger partial charge in [-0.2, -0.15) is 4.31 Å². The lowest BCUT2D eigenvalue weighted by Crippen LogP contribution is -2.51. The Labute approximate surface area is 189 Å². The third-order valence-electron chi connectivity index (χ3n) is 5.63. The quantitative estimate of drug-likeness (QED) is 0.663. The van der Waals surface area contributed by atoms with E-state index in [1.165, 1.54) is 23.4 Å². The number of anilines is 1. The molecule has 1 heterocycles. The second kappa shape index (κ2) is 9.70. The third kappa shape index (κ3) is 5.46. The SMILES string of the molecule is COc1ccc(CNC(=O)[C@@]2(C)CCCN(S(=O)(=O)c3ccc(NC(C)=O)cc3)C2)cc1. The average molecular weight is 460 g/mol. The molecule has 0 bridgehead atoms. The van der Waals surface area contributed by atoms with Crippen molar-refractivity contribution in [1.82, 2.24) is 9.62 Å². The molecular weight excluding hydrogens is 430 g/mol. The molecule has 0 saturated carbocycles. The lowest BCUT2D eigenvalue weighted by atomic mass is 9.82. The van der Waals surface area contributed by atoms with E-state index in [0.29, 0.717) is 31.6 Å². The summed E-state index contributed by atoms with van der Waals surface area (Å²) in [5, 5.41) is 5.56. The highest BCUT2D eigenvalue weighted by molar-refractivity contribution is 7.89. The van der Waals surface area contributed by atoms with Gasteiger partial charge >= 0.3 is 0 Å². The fourth-order valence-electron chi connectivity index (χ4n) is 3.79. The van der Waals surface area contributed by atoms with Crippen molar-refractivity contribution in [3.05, 3.63) is 54.1 Å². The summed E-state index contributed by atoms with van der Waals surface area (Å²) in [5.41, 5.74) is 0.633. The third-order valence-corrected chi connectivity index (χ3v) is 7.49. The molecule has 2 aromatic carbocycles. The monoisotopic (exact) mass is 459 g/mol. The summed E-state index contributed by atoms with van der Waals surface area (Å²) in [7, 11) is -2.16. The Hall–Kier alpha value is -2.91. The Balaban J connectivity index is 1.67. The predicted molar refractivity (Wildman–Crippen MR) is 122 cm³/mol. The summed E-state index contributed by atoms with van der Waals surface area (Å²) >= 11 is 0. The number of hydrogen-bond donors (Lipinski definition) is 2. The van der Waals surface area contributed by atoms with E-state index in [2.05, 4.69) is 10.6 Å². The molecular formula is C23H29N3O5S. The number of piperidine rings is 1. The summed E-state index contributed by atoms with van der Waals surface area (Å²) in [6.07, 6.45) is 1.20. The first-order valence-corrected chi connectivity index (χ1v) is 11.9. The van der Waals surface area contributed by atoms with Crippen molar-refractivity contribution in [2.75, 3.05) is 25.5 Å². The molecule has 1 fully saturated rings. The van der Waals surface area contributed by atoms with Crippen LogP contribution in [-0.4, -0.2) is 44.7 Å². The van der Waals surface area contributed by atoms with Gasteiger partial charge in [0.2, 0.25) is 21.8 Å². The van der Waals surface area contributed by atoms with Crippen LogP contribution >= 0.6 is 0 Å². The van der Waals surface area contributed by atoms with E-state index in [9.17, 15) is 18.0 Å². The van der Waals surface area contributed by atoms with Crippen LogP contribution in [0.2, 0.25) is 0 Å². The number of nitrogens with one attached hydrogen (secondary N) is 2. The lowest BCUT2D eigenvalue weighted by molar-refractivity contribution is -0.132. The molecule has 2 amide bonds. The van der Waals surface area contributed by atoms with Gasteiger partial charge in [0.15, 0.2) is 0 Å². The standard InChI is InChI=1S/C23H29N3O5S/c1-17(27)25-19-7-11-21(12-8-19)32(29,30)26-14-4-13-23(2,16-26)22(28)24-15-18-5-9-20(31-3)10-6-18/h5-12H,4,13-16H2,1-3H3,(H,24,28)(H,25,27)/t23-/m0/s1. The summed E-state index contributed by atoms with van der Waals surface area (Å²) < 4.78 is 32.8. The van der Waals surface area contributed by atoms with Crippen LogP contribution in [0, 0.1) is 5.41 Å². The van der Waals surface area contributed by atoms with Crippen LogP contribution in [0.1, 0.15) is 32.3 Å². The molecule has 0 unspecified atom stereocenters. The van der Waals surface area contributed by atoms with Crippen molar-refractivity contribution >= 4 is 27.5 Å². The van der Waals surface area contributed by atoms with Crippen molar-refractivity contribution < 1.29 is 22.7 Å². The molecule has 1 aliphatic rings. The number of hydrogen-bond acceptors (Lipinski definition) is 5. The molecule has 0 radical (unpaired) electrons. The highest BCUT2D eigenvalue weighted by Gasteiger charge is 2.41. The van der Waals surface area contributed by atoms with Crippen molar-refractivity contribution in [1.29, 1.82) is 0 Å². The Kier molecular flexibility index (Phi) is 7.20. The first-order chi connectivity index (χ1) is 15.1. The van der Waals surface area contributed by atoms with Crippen LogP contribution in [0.25, 0.3) is 0 Å². The summed E-state index contributed by atoms with van der Waals surface area (Å²) in [6, 6.07) is 13.5. The van der Waals surface area contributed by atoms with Gasteiger partial charge in [0.1, 0.15) is 5.75 Å². The Bertz CT molecular complexity index is 1070. The average Bonchev–Trinajstić information content (AvgIpc) is 2.77. The number of sulfonamides is 1. The molecule has 1 saturated heterocycles. The van der Waals surface area contributed by atoms with Crippen LogP contribution in [0.5, 0.6) is 5.75 Å². The molecule has 172 valence electrons. The zero-order chi connectivity index (χ0) is 23.4. The van der Waals surface area contributed by atoms with E-state index < -0.39 is 15.4 Å². The smallest absolute Gasteiger partial charge is 0.243 e. The van der Waals surface area contributed by atoms with Gasteiger partial charge in [-0.05, 0) is 61.7 Å². The molecule has 2 N–H and O–H groups in total. The minimum Gasteiger partial charge on any atom is -0.497 e. The van der Waals surface area contributed by atoms with Crippen LogP contribution in [0.15, 0.2) is 53.4 Å². The minimum absolute atomic E-state index is 0.108. The molecule has 1 aliphatic heterocycles. The van der Waals surface area contributed by atoms with Gasteiger partial charge in [-0.1, -0.05) is 12.1 Å². The Morgan fingerprint density at radius 1 is 1.09 bits per heavy atom. The number of carbonyl (C=O) groups excluding carboxylic acids is 2. The normalized spacial score (nSPS) is 19.2. The molecule has 3 rings (SSSR count). The van der Waals surface area contributed by atoms with E-state index in [4.69, 9.17) is 4.74 Å². The first-order valence-electron chi connectivity index (χ1n) is 10.4. The maximum Gasteiger partial charge on any atom is 0.243 e. The molecule has 2 aromatic rings. The second-order valence-electron chi connectivity index (χ2n) is 8.24. The largest absolute Gasteiger partial charge is 0.497 e. The first kappa shape index (κ1) is 23.7. The van der Waals surface area contributed by atoms with Crippen molar-refractivity contribution in [3.63, 3.8) is 0 Å². The molecule has 0 spiro atoms. The highest BCUT2D eigenvalue weighted by Crippen LogP contribution is 2.33. The Morgan fingerprint density at radius 2 is 1.75 bits per heavy atom. The van der Waals surface area contributed by atoms with Gasteiger partial charge in [-0.25, -0.2) is 8.42 Å². The number of methoxy groups -OCH3 is 1. The maximum absolute atomic E-state index is 13.2. The van der Waals surface area contributed by atoms with Gasteiger partial charge in [0.25, 0.3) is 0 Å². The number of rotatable bonds is 7. The van der Waals surface area contributed by atoms with Crippen LogP contribution < -0.4 is 15.4 Å². The van der Waals surface area contributed by atoms with Crippen molar-refractivity contribution in [3.8, 4) is 5.75 Å². The summed E-state index contributed by atoms with van der Waals surface area (Å²) in [6.45, 7) is 4.01. The van der Waals surface area contributed by atoms with Gasteiger partial charge in [0.05, 0.1) is 17.4 Å². The number of amides is 2. The van der Waals surface area contributed by atoms with E-state index in [-0.39, 0.29) is 23.3 Å². The van der Waals surface area contributed by atoms with Crippen molar-refractivity contribution in [2.45, 2.75) is 38.1 Å². The predicted octanol–water partition coefficient (Wildman–Crippen LogP) is 2.76. The molecule has 32 heavy (non-hydrogen) atoms. The van der Waals surface area contributed by atoms with Gasteiger partial charge < -0.3 is 15.4 Å². The van der Waals surface area contributed by atoms with Crippen molar-refractivity contribution in [2.24, 2.45) is 5.41 Å². The van der Waals surface area contributed by atoms with Crippen LogP contribution in [0.4, 0.5) is 5.69 Å². The lowest BCUT2D eigenvalue weighted by Gasteiger charge is -2.38. The fourth-order valence-corrected chi connectivity index (χ4v) is 5.39. The topological polar surface area (TPSA) is 105 Å². The minimum atomic E-state index is -3.76. The number of benzene rings is 2. The molecule has 0 aromatic heterocycles. The Morgan fingerprint density at radius 3 is 2.34 bits per heavy atom. The van der Waals surface area contributed by atoms with E-state index in [0.717, 1.165) is 11.3 Å². The molecule has 8 nitrogen and oxygen atoms in total. The summed E-state index contributed by atoms with van der Waals surface area (Å²) in [5.74, 6) is 0.340. The second-order valence-corrected chi connectivity index (χ2v) is 10.2. The number of carbonyl (C=O) groups is 2. The summed E-state index contributed by atoms with van der Waals surface area (Å²) in [4.78, 5) is 24.3. The van der Waals surface area contributed by atoms with Crippen LogP contribution in [0.3, 0.4) is 0 Å².